The van der Waals surface area contributed by atoms with E-state index < -0.39 is 0 Å². The van der Waals surface area contributed by atoms with Crippen LogP contribution >= 0.6 is 11.3 Å². The molecule has 0 saturated carbocycles. The van der Waals surface area contributed by atoms with E-state index in [9.17, 15) is 4.79 Å². The molecule has 18 heavy (non-hydrogen) atoms. The average molecular weight is 255 g/mol. The van der Waals surface area contributed by atoms with Crippen molar-refractivity contribution >= 4 is 11.3 Å². The first-order valence-corrected chi connectivity index (χ1v) is 6.50. The van der Waals surface area contributed by atoms with Crippen molar-refractivity contribution in [1.82, 2.24) is 4.98 Å². The molecule has 0 spiro atoms. The highest BCUT2D eigenvalue weighted by molar-refractivity contribution is 7.12. The first-order valence-electron chi connectivity index (χ1n) is 5.69. The molecule has 0 aliphatic rings. The summed E-state index contributed by atoms with van der Waals surface area (Å²) in [5.74, 6) is 2.77. The maximum atomic E-state index is 11.9. The largest absolute Gasteiger partial charge is 0.277 e. The zero-order valence-corrected chi connectivity index (χ0v) is 11.1. The predicted molar refractivity (Wildman–Crippen MR) is 75.8 cm³/mol. The Morgan fingerprint density at radius 2 is 1.94 bits per heavy atom. The van der Waals surface area contributed by atoms with Gasteiger partial charge < -0.3 is 0 Å². The Labute approximate surface area is 110 Å². The number of aromatic nitrogens is 1. The molecule has 0 aliphatic heterocycles. The molecular weight excluding hydrogens is 242 g/mol. The highest BCUT2D eigenvalue weighted by Gasteiger charge is 2.08. The molecule has 0 fully saturated rings. The van der Waals surface area contributed by atoms with Crippen molar-refractivity contribution in [1.29, 1.82) is 0 Å². The summed E-state index contributed by atoms with van der Waals surface area (Å²) >= 11 is 1.18. The molecule has 0 bridgehead atoms. The van der Waals surface area contributed by atoms with Gasteiger partial charge in [-0.3, -0.25) is 4.79 Å². The molecule has 1 aromatic carbocycles. The van der Waals surface area contributed by atoms with Gasteiger partial charge in [0.1, 0.15) is 5.01 Å². The van der Waals surface area contributed by atoms with Crippen molar-refractivity contribution in [3.05, 3.63) is 51.1 Å². The number of terminal acetylenes is 1. The van der Waals surface area contributed by atoms with Gasteiger partial charge in [-0.15, -0.1) is 6.42 Å². The molecule has 0 radical (unpaired) electrons. The van der Waals surface area contributed by atoms with Crippen LogP contribution in [0.4, 0.5) is 0 Å². The normalized spacial score (nSPS) is 10.3. The number of benzene rings is 1. The Morgan fingerprint density at radius 1 is 1.28 bits per heavy atom. The molecule has 0 N–H and O–H groups in total. The van der Waals surface area contributed by atoms with E-state index in [1.165, 1.54) is 11.3 Å². The van der Waals surface area contributed by atoms with Gasteiger partial charge in [-0.2, -0.15) is 0 Å². The maximum Gasteiger partial charge on any atom is 0.239 e. The van der Waals surface area contributed by atoms with E-state index in [1.807, 2.05) is 38.1 Å². The Bertz CT molecular complexity index is 647. The summed E-state index contributed by atoms with van der Waals surface area (Å²) in [6.45, 7) is 3.99. The van der Waals surface area contributed by atoms with Crippen LogP contribution in [0.5, 0.6) is 0 Å². The van der Waals surface area contributed by atoms with Crippen LogP contribution in [-0.4, -0.2) is 4.98 Å². The van der Waals surface area contributed by atoms with Gasteiger partial charge in [0.25, 0.3) is 0 Å². The van der Waals surface area contributed by atoms with Crippen LogP contribution < -0.4 is 4.74 Å². The molecular formula is C15H13NOS. The molecule has 1 aromatic heterocycles. The topological polar surface area (TPSA) is 30.0 Å². The van der Waals surface area contributed by atoms with Crippen LogP contribution in [-0.2, 0) is 0 Å². The second-order valence-corrected chi connectivity index (χ2v) is 5.25. The molecule has 3 heteroatoms. The molecule has 0 aliphatic carbocycles. The van der Waals surface area contributed by atoms with Crippen molar-refractivity contribution in [2.45, 2.75) is 19.8 Å². The highest BCUT2D eigenvalue weighted by Crippen LogP contribution is 2.21. The molecule has 0 atom stereocenters. The van der Waals surface area contributed by atoms with E-state index in [0.29, 0.717) is 0 Å². The third-order valence-corrected chi connectivity index (χ3v) is 3.62. The Balaban J connectivity index is 2.43. The van der Waals surface area contributed by atoms with Crippen LogP contribution in [0.2, 0.25) is 0 Å². The Kier molecular flexibility index (Phi) is 3.59. The van der Waals surface area contributed by atoms with Crippen molar-refractivity contribution in [2.75, 3.05) is 0 Å². The summed E-state index contributed by atoms with van der Waals surface area (Å²) in [4.78, 5) is 16.3. The molecule has 90 valence electrons. The minimum Gasteiger partial charge on any atom is -0.277 e. The third kappa shape index (κ3) is 2.49. The average Bonchev–Trinajstić information content (AvgIpc) is 2.38. The lowest BCUT2D eigenvalue weighted by Crippen LogP contribution is -2.07. The lowest BCUT2D eigenvalue weighted by atomic mass is 10.1. The van der Waals surface area contributed by atoms with E-state index in [2.05, 4.69) is 10.9 Å². The summed E-state index contributed by atoms with van der Waals surface area (Å²) in [7, 11) is 0. The van der Waals surface area contributed by atoms with E-state index in [4.69, 9.17) is 6.42 Å². The number of hydrogen-bond donors (Lipinski definition) is 0. The van der Waals surface area contributed by atoms with Crippen molar-refractivity contribution in [3.8, 4) is 22.9 Å². The summed E-state index contributed by atoms with van der Waals surface area (Å²) in [5.41, 5.74) is 2.51. The smallest absolute Gasteiger partial charge is 0.239 e. The van der Waals surface area contributed by atoms with Gasteiger partial charge in [0, 0.05) is 22.9 Å². The monoisotopic (exact) mass is 255 g/mol. The van der Waals surface area contributed by atoms with Gasteiger partial charge in [-0.05, 0) is 18.1 Å². The maximum absolute atomic E-state index is 11.9. The zero-order chi connectivity index (χ0) is 13.1. The molecule has 2 aromatic rings. The summed E-state index contributed by atoms with van der Waals surface area (Å²) in [6, 6.07) is 7.49. The minimum atomic E-state index is 0.0797. The first kappa shape index (κ1) is 12.5. The molecule has 0 amide bonds. The van der Waals surface area contributed by atoms with Gasteiger partial charge in [0.15, 0.2) is 0 Å². The quantitative estimate of drug-likeness (QED) is 0.771. The van der Waals surface area contributed by atoms with E-state index in [1.54, 1.807) is 6.20 Å². The lowest BCUT2D eigenvalue weighted by Gasteiger charge is -2.04. The molecule has 0 unspecified atom stereocenters. The van der Waals surface area contributed by atoms with Gasteiger partial charge in [-0.25, -0.2) is 4.98 Å². The van der Waals surface area contributed by atoms with E-state index >= 15 is 0 Å². The first-order chi connectivity index (χ1) is 8.61. The summed E-state index contributed by atoms with van der Waals surface area (Å²) < 4.78 is 0.0797. The fraction of sp³-hybridized carbons (Fsp3) is 0.200. The number of rotatable bonds is 2. The van der Waals surface area contributed by atoms with E-state index in [-0.39, 0.29) is 10.7 Å². The standard InChI is InChI=1S/C15H13NOS/c1-4-11-5-7-12(8-6-11)14-16-9-13(10(2)3)15(17)18-14/h1,5-10H,2-3H3. The Morgan fingerprint density at radius 3 is 2.44 bits per heavy atom. The van der Waals surface area contributed by atoms with Crippen LogP contribution in [0, 0.1) is 12.3 Å². The molecule has 1 heterocycles. The van der Waals surface area contributed by atoms with Crippen molar-refractivity contribution < 1.29 is 0 Å². The number of hydrogen-bond acceptors (Lipinski definition) is 3. The highest BCUT2D eigenvalue weighted by atomic mass is 32.1. The lowest BCUT2D eigenvalue weighted by molar-refractivity contribution is 0.856. The van der Waals surface area contributed by atoms with Gasteiger partial charge in [0.2, 0.25) is 4.74 Å². The van der Waals surface area contributed by atoms with Gasteiger partial charge in [0.05, 0.1) is 0 Å². The van der Waals surface area contributed by atoms with E-state index in [0.717, 1.165) is 21.7 Å². The van der Waals surface area contributed by atoms with Crippen molar-refractivity contribution in [2.24, 2.45) is 0 Å². The van der Waals surface area contributed by atoms with Crippen LogP contribution in [0.15, 0.2) is 35.3 Å². The third-order valence-electron chi connectivity index (χ3n) is 2.67. The molecule has 0 saturated heterocycles. The SMILES string of the molecule is C#Cc1ccc(-c2ncc(C(C)C)c(=O)s2)cc1. The Hall–Kier alpha value is -1.92. The predicted octanol–water partition coefficient (Wildman–Crippen LogP) is 3.28. The van der Waals surface area contributed by atoms with Crippen LogP contribution in [0.1, 0.15) is 30.9 Å². The van der Waals surface area contributed by atoms with Crippen LogP contribution in [0.25, 0.3) is 10.6 Å². The fourth-order valence-corrected chi connectivity index (χ4v) is 2.52. The minimum absolute atomic E-state index is 0.0797. The van der Waals surface area contributed by atoms with Gasteiger partial charge >= 0.3 is 0 Å². The zero-order valence-electron chi connectivity index (χ0n) is 10.3. The summed E-state index contributed by atoms with van der Waals surface area (Å²) in [6.07, 6.45) is 6.98. The van der Waals surface area contributed by atoms with Gasteiger partial charge in [-0.1, -0.05) is 43.2 Å². The van der Waals surface area contributed by atoms with Crippen LogP contribution in [0.3, 0.4) is 0 Å². The van der Waals surface area contributed by atoms with Crippen molar-refractivity contribution in [3.63, 3.8) is 0 Å². The summed E-state index contributed by atoms with van der Waals surface area (Å²) in [5, 5.41) is 0.730. The number of nitrogens with zero attached hydrogens (tertiary/aromatic N) is 1. The molecule has 2 nitrogen and oxygen atoms in total. The fourth-order valence-electron chi connectivity index (χ4n) is 1.58. The molecule has 2 rings (SSSR count). The second-order valence-electron chi connectivity index (χ2n) is 4.28. The second kappa shape index (κ2) is 5.16.